The summed E-state index contributed by atoms with van der Waals surface area (Å²) in [6.45, 7) is 7.95. The van der Waals surface area contributed by atoms with Crippen LogP contribution in [-0.4, -0.2) is 43.3 Å². The van der Waals surface area contributed by atoms with Gasteiger partial charge in [0, 0.05) is 44.0 Å². The molecule has 2 aromatic carbocycles. The van der Waals surface area contributed by atoms with Crippen molar-refractivity contribution >= 4 is 5.69 Å². The molecule has 0 radical (unpaired) electrons. The number of allylic oxidation sites excluding steroid dienone is 1. The Morgan fingerprint density at radius 2 is 1.85 bits per heavy atom. The van der Waals surface area contributed by atoms with E-state index in [1.807, 2.05) is 30.3 Å². The number of nitrogens with zero attached hydrogens (tertiary/aromatic N) is 2. The lowest BCUT2D eigenvalue weighted by molar-refractivity contribution is 0.245. The van der Waals surface area contributed by atoms with Gasteiger partial charge in [0.15, 0.2) is 11.5 Å². The van der Waals surface area contributed by atoms with Crippen molar-refractivity contribution in [1.82, 2.24) is 4.90 Å². The topological polar surface area (TPSA) is 35.9 Å². The van der Waals surface area contributed by atoms with Crippen molar-refractivity contribution < 1.29 is 14.2 Å². The quantitative estimate of drug-likeness (QED) is 0.803. The fourth-order valence-electron chi connectivity index (χ4n) is 3.35. The van der Waals surface area contributed by atoms with Crippen LogP contribution in [0.2, 0.25) is 0 Å². The summed E-state index contributed by atoms with van der Waals surface area (Å²) in [5.41, 5.74) is 2.99. The van der Waals surface area contributed by atoms with Gasteiger partial charge in [-0.1, -0.05) is 12.1 Å². The Balaban J connectivity index is 1.66. The molecule has 2 aromatic rings. The molecule has 138 valence electrons. The minimum Gasteiger partial charge on any atom is -0.504 e. The first kappa shape index (κ1) is 18.3. The fourth-order valence-corrected chi connectivity index (χ4v) is 3.35. The van der Waals surface area contributed by atoms with E-state index in [9.17, 15) is 9.50 Å². The molecule has 0 saturated carbocycles. The minimum atomic E-state index is -0.212. The van der Waals surface area contributed by atoms with E-state index >= 15 is 0 Å². The Labute approximate surface area is 154 Å². The molecule has 3 rings (SSSR count). The first-order valence-corrected chi connectivity index (χ1v) is 8.83. The third kappa shape index (κ3) is 4.17. The largest absolute Gasteiger partial charge is 0.504 e. The summed E-state index contributed by atoms with van der Waals surface area (Å²) in [6, 6.07) is 10.5. The van der Waals surface area contributed by atoms with Crippen LogP contribution < -0.4 is 9.64 Å². The zero-order valence-corrected chi connectivity index (χ0v) is 15.1. The zero-order chi connectivity index (χ0) is 18.5. The van der Waals surface area contributed by atoms with Crippen molar-refractivity contribution in [2.24, 2.45) is 0 Å². The molecule has 0 amide bonds. The van der Waals surface area contributed by atoms with Crippen LogP contribution >= 0.6 is 0 Å². The number of aromatic hydroxyl groups is 1. The van der Waals surface area contributed by atoms with Crippen LogP contribution in [0.4, 0.5) is 10.1 Å². The minimum absolute atomic E-state index is 0.210. The van der Waals surface area contributed by atoms with Crippen LogP contribution in [0.25, 0.3) is 0 Å². The molecule has 1 fully saturated rings. The maximum atomic E-state index is 13.1. The first-order chi connectivity index (χ1) is 12.6. The smallest absolute Gasteiger partial charge is 0.162 e. The van der Waals surface area contributed by atoms with E-state index in [0.29, 0.717) is 12.3 Å². The number of methoxy groups -OCH3 is 1. The molecule has 1 heterocycles. The molecule has 26 heavy (non-hydrogen) atoms. The highest BCUT2D eigenvalue weighted by atomic mass is 19.1. The lowest BCUT2D eigenvalue weighted by Gasteiger charge is -2.36. The highest BCUT2D eigenvalue weighted by Crippen LogP contribution is 2.33. The predicted octanol–water partition coefficient (Wildman–Crippen LogP) is 3.59. The molecule has 1 saturated heterocycles. The monoisotopic (exact) mass is 356 g/mol. The maximum absolute atomic E-state index is 13.1. The molecular formula is C21H25FN2O2. The van der Waals surface area contributed by atoms with E-state index in [1.165, 1.54) is 12.1 Å². The van der Waals surface area contributed by atoms with Crippen molar-refractivity contribution in [2.75, 3.05) is 38.2 Å². The SMILES string of the molecule is C=CCc1cc(CN2CCN(c3ccc(F)cc3)CC2)c(O)c(OC)c1. The van der Waals surface area contributed by atoms with E-state index in [-0.39, 0.29) is 11.6 Å². The standard InChI is InChI=1S/C21H25FN2O2/c1-3-4-16-13-17(21(25)20(14-16)26-2)15-23-9-11-24(12-10-23)19-7-5-18(22)6-8-19/h3,5-8,13-14,25H,1,4,9-12,15H2,2H3. The molecule has 0 atom stereocenters. The van der Waals surface area contributed by atoms with E-state index in [1.54, 1.807) is 7.11 Å². The Bertz CT molecular complexity index is 753. The molecule has 4 nitrogen and oxygen atoms in total. The van der Waals surface area contributed by atoms with E-state index in [2.05, 4.69) is 16.4 Å². The van der Waals surface area contributed by atoms with Gasteiger partial charge in [-0.2, -0.15) is 0 Å². The number of hydrogen-bond donors (Lipinski definition) is 1. The Morgan fingerprint density at radius 1 is 1.15 bits per heavy atom. The van der Waals surface area contributed by atoms with Crippen LogP contribution in [0.5, 0.6) is 11.5 Å². The van der Waals surface area contributed by atoms with Crippen molar-refractivity contribution in [2.45, 2.75) is 13.0 Å². The van der Waals surface area contributed by atoms with Crippen LogP contribution in [0.15, 0.2) is 49.1 Å². The van der Waals surface area contributed by atoms with Gasteiger partial charge in [0.1, 0.15) is 5.82 Å². The summed E-state index contributed by atoms with van der Waals surface area (Å²) in [4.78, 5) is 4.57. The summed E-state index contributed by atoms with van der Waals surface area (Å²) < 4.78 is 18.4. The van der Waals surface area contributed by atoms with E-state index in [0.717, 1.165) is 49.4 Å². The lowest BCUT2D eigenvalue weighted by atomic mass is 10.0. The second-order valence-corrected chi connectivity index (χ2v) is 6.54. The van der Waals surface area contributed by atoms with Crippen LogP contribution in [-0.2, 0) is 13.0 Å². The molecule has 0 aliphatic carbocycles. The third-order valence-corrected chi connectivity index (χ3v) is 4.77. The maximum Gasteiger partial charge on any atom is 0.162 e. The van der Waals surface area contributed by atoms with Crippen LogP contribution in [0.1, 0.15) is 11.1 Å². The molecular weight excluding hydrogens is 331 g/mol. The second kappa shape index (κ2) is 8.23. The number of phenols is 1. The molecule has 1 N–H and O–H groups in total. The van der Waals surface area contributed by atoms with Gasteiger partial charge in [-0.3, -0.25) is 4.90 Å². The highest BCUT2D eigenvalue weighted by molar-refractivity contribution is 5.49. The Kier molecular flexibility index (Phi) is 5.78. The molecule has 5 heteroatoms. The van der Waals surface area contributed by atoms with Crippen LogP contribution in [0, 0.1) is 5.82 Å². The third-order valence-electron chi connectivity index (χ3n) is 4.77. The van der Waals surface area contributed by atoms with Crippen molar-refractivity contribution in [3.05, 3.63) is 66.0 Å². The molecule has 0 bridgehead atoms. The van der Waals surface area contributed by atoms with Gasteiger partial charge in [0.05, 0.1) is 7.11 Å². The lowest BCUT2D eigenvalue weighted by Crippen LogP contribution is -2.46. The number of phenolic OH excluding ortho intramolecular Hbond substituents is 1. The summed E-state index contributed by atoms with van der Waals surface area (Å²) in [6.07, 6.45) is 2.58. The Hall–Kier alpha value is -2.53. The average molecular weight is 356 g/mol. The summed E-state index contributed by atoms with van der Waals surface area (Å²) >= 11 is 0. The van der Waals surface area contributed by atoms with Crippen molar-refractivity contribution in [3.63, 3.8) is 0 Å². The van der Waals surface area contributed by atoms with Gasteiger partial charge in [-0.25, -0.2) is 4.39 Å². The normalized spacial score (nSPS) is 15.1. The number of piperazine rings is 1. The van der Waals surface area contributed by atoms with E-state index < -0.39 is 0 Å². The second-order valence-electron chi connectivity index (χ2n) is 6.54. The first-order valence-electron chi connectivity index (χ1n) is 8.83. The number of hydrogen-bond acceptors (Lipinski definition) is 4. The number of rotatable bonds is 6. The average Bonchev–Trinajstić information content (AvgIpc) is 2.66. The number of benzene rings is 2. The molecule has 0 spiro atoms. The summed E-state index contributed by atoms with van der Waals surface area (Å²) in [5.74, 6) is 0.502. The van der Waals surface area contributed by atoms with Crippen LogP contribution in [0.3, 0.4) is 0 Å². The molecule has 0 aromatic heterocycles. The summed E-state index contributed by atoms with van der Waals surface area (Å²) in [7, 11) is 1.57. The van der Waals surface area contributed by atoms with E-state index in [4.69, 9.17) is 4.74 Å². The van der Waals surface area contributed by atoms with Gasteiger partial charge < -0.3 is 14.7 Å². The number of halogens is 1. The van der Waals surface area contributed by atoms with Gasteiger partial charge in [0.25, 0.3) is 0 Å². The molecule has 1 aliphatic rings. The van der Waals surface area contributed by atoms with Gasteiger partial charge in [0.2, 0.25) is 0 Å². The highest BCUT2D eigenvalue weighted by Gasteiger charge is 2.20. The Morgan fingerprint density at radius 3 is 2.46 bits per heavy atom. The summed E-state index contributed by atoms with van der Waals surface area (Å²) in [5, 5.41) is 10.4. The van der Waals surface area contributed by atoms with Gasteiger partial charge in [-0.05, 0) is 42.3 Å². The number of anilines is 1. The van der Waals surface area contributed by atoms with Crippen molar-refractivity contribution in [1.29, 1.82) is 0 Å². The molecule has 0 unspecified atom stereocenters. The zero-order valence-electron chi connectivity index (χ0n) is 15.1. The number of ether oxygens (including phenoxy) is 1. The van der Waals surface area contributed by atoms with Gasteiger partial charge in [-0.15, -0.1) is 6.58 Å². The fraction of sp³-hybridized carbons (Fsp3) is 0.333. The molecule has 1 aliphatic heterocycles. The predicted molar refractivity (Wildman–Crippen MR) is 102 cm³/mol. The van der Waals surface area contributed by atoms with Gasteiger partial charge >= 0.3 is 0 Å². The van der Waals surface area contributed by atoms with Crippen molar-refractivity contribution in [3.8, 4) is 11.5 Å².